The van der Waals surface area contributed by atoms with E-state index in [1.807, 2.05) is 0 Å². The molecule has 0 spiro atoms. The number of amides is 8. The SMILES string of the molecule is C[C@@H](O)C1NC(=O)[C@H](CCCCN)NC(=O)[C@@H](Cc2c[nH]c3ccccc23)NC(=O)C(Cc2ccc(O)cc2)NC(=O)[C@H](NC(=O)[C@@H](Cc2ccccc2)NC(=O)CN2CCN(CC(=O)O)CCN(CC(=O)O)CCN(CC(=O)O)CC2)CSSCC(C(=O)N[C@H](CO)[C@@H](C)O)NC1=O. The molecule has 3 aromatic carbocycles. The number of aromatic hydroxyl groups is 1. The van der Waals surface area contributed by atoms with Crippen molar-refractivity contribution in [2.24, 2.45) is 5.73 Å². The van der Waals surface area contributed by atoms with E-state index < -0.39 is 152 Å². The number of H-pyrrole nitrogens is 1. The number of phenolic OH excluding ortho intramolecular Hbond substituents is 1. The predicted molar refractivity (Wildman–Crippen MR) is 366 cm³/mol. The van der Waals surface area contributed by atoms with E-state index in [1.54, 1.807) is 80.4 Å². The van der Waals surface area contributed by atoms with Gasteiger partial charge in [0, 0.05) is 100 Å². The summed E-state index contributed by atoms with van der Waals surface area (Å²) in [6.07, 6.45) is -1.31. The van der Waals surface area contributed by atoms with Crippen LogP contribution < -0.4 is 48.3 Å². The van der Waals surface area contributed by atoms with Gasteiger partial charge < -0.3 is 89.0 Å². The molecule has 1 aromatic heterocycles. The number of fused-ring (bicyclic) bond motifs is 1. The van der Waals surface area contributed by atoms with Crippen molar-refractivity contribution in [3.63, 3.8) is 0 Å². The summed E-state index contributed by atoms with van der Waals surface area (Å²) in [5.74, 6) is -11.6. The minimum atomic E-state index is -1.77. The van der Waals surface area contributed by atoms with E-state index in [2.05, 4.69) is 47.5 Å². The molecule has 10 atom stereocenters. The maximum atomic E-state index is 15.3. The van der Waals surface area contributed by atoms with E-state index in [9.17, 15) is 74.1 Å². The number of hydrogen-bond acceptors (Lipinski definition) is 22. The average Bonchev–Trinajstić information content (AvgIpc) is 1.73. The van der Waals surface area contributed by atoms with E-state index >= 15 is 14.4 Å². The van der Waals surface area contributed by atoms with Gasteiger partial charge in [-0.25, -0.2) is 0 Å². The lowest BCUT2D eigenvalue weighted by atomic mass is 10.0. The molecule has 2 aliphatic heterocycles. The quantitative estimate of drug-likeness (QED) is 0.0215. The van der Waals surface area contributed by atoms with Crippen LogP contribution in [0.1, 0.15) is 49.8 Å². The van der Waals surface area contributed by atoms with E-state index in [0.717, 1.165) is 21.6 Å². The van der Waals surface area contributed by atoms with Crippen molar-refractivity contribution in [3.05, 3.63) is 102 Å². The van der Waals surface area contributed by atoms with Crippen molar-refractivity contribution in [2.75, 3.05) is 103 Å². The topological polar surface area (TPSA) is 480 Å². The largest absolute Gasteiger partial charge is 0.508 e. The fourth-order valence-corrected chi connectivity index (χ4v) is 13.4. The van der Waals surface area contributed by atoms with Crippen LogP contribution >= 0.6 is 21.6 Å². The predicted octanol–water partition coefficient (Wildman–Crippen LogP) is -3.47. The summed E-state index contributed by atoms with van der Waals surface area (Å²) in [4.78, 5) is 163. The van der Waals surface area contributed by atoms with Crippen molar-refractivity contribution in [1.82, 2.24) is 67.1 Å². The van der Waals surface area contributed by atoms with Crippen molar-refractivity contribution in [2.45, 2.75) is 113 Å². The first-order valence-electron chi connectivity index (χ1n) is 32.5. The molecule has 0 aliphatic carbocycles. The third-order valence-electron chi connectivity index (χ3n) is 16.6. The number of nitrogens with zero attached hydrogens (tertiary/aromatic N) is 4. The van der Waals surface area contributed by atoms with E-state index in [0.29, 0.717) is 34.0 Å². The Hall–Kier alpha value is -8.45. The highest BCUT2D eigenvalue weighted by molar-refractivity contribution is 8.76. The van der Waals surface area contributed by atoms with Crippen molar-refractivity contribution < 1.29 is 88.5 Å². The Morgan fingerprint density at radius 1 is 0.596 bits per heavy atom. The minimum absolute atomic E-state index is 0.0540. The van der Waals surface area contributed by atoms with Crippen molar-refractivity contribution in [3.8, 4) is 5.75 Å². The summed E-state index contributed by atoms with van der Waals surface area (Å²) in [6, 6.07) is 9.21. The number of phenols is 1. The molecule has 2 fully saturated rings. The number of unbranched alkanes of at least 4 members (excludes halogenated alkanes) is 1. The molecule has 6 rings (SSSR count). The van der Waals surface area contributed by atoms with Crippen LogP contribution in [0.3, 0.4) is 0 Å². The van der Waals surface area contributed by atoms with Gasteiger partial charge in [-0.2, -0.15) is 0 Å². The molecule has 99 heavy (non-hydrogen) atoms. The Labute approximate surface area is 580 Å². The number of nitrogens with two attached hydrogens (primary N) is 1. The Bertz CT molecular complexity index is 3320. The number of rotatable bonds is 26. The second kappa shape index (κ2) is 40.6. The molecular weight excluding hydrogens is 1330 g/mol. The van der Waals surface area contributed by atoms with Gasteiger partial charge in [0.15, 0.2) is 0 Å². The molecule has 0 bridgehead atoms. The number of hydrogen-bond donors (Lipinski definition) is 17. The Balaban J connectivity index is 1.40. The molecule has 32 nitrogen and oxygen atoms in total. The Kier molecular flexibility index (Phi) is 32.6. The number of benzene rings is 3. The van der Waals surface area contributed by atoms with Crippen molar-refractivity contribution in [1.29, 1.82) is 0 Å². The lowest BCUT2D eigenvalue weighted by molar-refractivity contribution is -0.140. The molecule has 4 aromatic rings. The maximum absolute atomic E-state index is 15.3. The fourth-order valence-electron chi connectivity index (χ4n) is 11.1. The van der Waals surface area contributed by atoms with Crippen LogP contribution in [0.15, 0.2) is 85.1 Å². The highest BCUT2D eigenvalue weighted by Crippen LogP contribution is 2.25. The van der Waals surface area contributed by atoms with Gasteiger partial charge in [0.25, 0.3) is 0 Å². The summed E-state index contributed by atoms with van der Waals surface area (Å²) in [7, 11) is 1.81. The number of carboxylic acids is 3. The molecule has 0 saturated carbocycles. The summed E-state index contributed by atoms with van der Waals surface area (Å²) in [5, 5.41) is 93.2. The number of aliphatic hydroxyl groups excluding tert-OH is 3. The molecule has 0 radical (unpaired) electrons. The lowest BCUT2D eigenvalue weighted by Gasteiger charge is -2.33. The van der Waals surface area contributed by atoms with E-state index in [4.69, 9.17) is 5.73 Å². The Morgan fingerprint density at radius 3 is 1.68 bits per heavy atom. The van der Waals surface area contributed by atoms with Crippen LogP contribution in [0.5, 0.6) is 5.75 Å². The monoisotopic (exact) mass is 1420 g/mol. The number of aromatic amines is 1. The third-order valence-corrected chi connectivity index (χ3v) is 19.0. The van der Waals surface area contributed by atoms with Gasteiger partial charge in [0.1, 0.15) is 48.0 Å². The van der Waals surface area contributed by atoms with E-state index in [-0.39, 0.29) is 115 Å². The van der Waals surface area contributed by atoms with Gasteiger partial charge in [-0.3, -0.25) is 72.3 Å². The summed E-state index contributed by atoms with van der Waals surface area (Å²) in [5.41, 5.74) is 8.05. The van der Waals surface area contributed by atoms with Crippen molar-refractivity contribution >= 4 is 97.7 Å². The lowest BCUT2D eigenvalue weighted by Crippen LogP contribution is -2.62. The second-order valence-corrected chi connectivity index (χ2v) is 27.0. The Morgan fingerprint density at radius 2 is 1.12 bits per heavy atom. The summed E-state index contributed by atoms with van der Waals surface area (Å²) in [6.45, 7) is 1.08. The number of carbonyl (C=O) groups excluding carboxylic acids is 8. The summed E-state index contributed by atoms with van der Waals surface area (Å²) < 4.78 is 0. The smallest absolute Gasteiger partial charge is 0.317 e. The molecule has 34 heteroatoms. The first-order chi connectivity index (χ1) is 47.3. The molecule has 2 saturated heterocycles. The number of nitrogens with one attached hydrogen (secondary N) is 9. The highest BCUT2D eigenvalue weighted by Gasteiger charge is 2.37. The first-order valence-corrected chi connectivity index (χ1v) is 35.0. The molecule has 2 aliphatic rings. The third kappa shape index (κ3) is 27.0. The number of carbonyl (C=O) groups is 11. The van der Waals surface area contributed by atoms with Gasteiger partial charge in [0.2, 0.25) is 47.3 Å². The number of aromatic nitrogens is 1. The zero-order valence-electron chi connectivity index (χ0n) is 55.2. The zero-order chi connectivity index (χ0) is 72.1. The van der Waals surface area contributed by atoms with Crippen LogP contribution in [-0.2, 0) is 72.0 Å². The van der Waals surface area contributed by atoms with Crippen LogP contribution in [0.25, 0.3) is 10.9 Å². The molecule has 8 amide bonds. The van der Waals surface area contributed by atoms with Gasteiger partial charge in [-0.15, -0.1) is 0 Å². The second-order valence-electron chi connectivity index (χ2n) is 24.5. The van der Waals surface area contributed by atoms with Crippen LogP contribution in [-0.4, -0.2) is 289 Å². The number of para-hydroxylation sites is 1. The average molecular weight is 1420 g/mol. The van der Waals surface area contributed by atoms with Gasteiger partial charge in [0.05, 0.1) is 51.0 Å². The normalized spacial score (nSPS) is 22.0. The zero-order valence-corrected chi connectivity index (χ0v) is 56.8. The summed E-state index contributed by atoms with van der Waals surface area (Å²) >= 11 is 0. The molecule has 542 valence electrons. The maximum Gasteiger partial charge on any atom is 0.317 e. The molecular formula is C65H92N14O18S2. The van der Waals surface area contributed by atoms with Gasteiger partial charge in [-0.1, -0.05) is 82.3 Å². The number of aliphatic carboxylic acids is 3. The highest BCUT2D eigenvalue weighted by atomic mass is 33.1. The van der Waals surface area contributed by atoms with Gasteiger partial charge >= 0.3 is 17.9 Å². The van der Waals surface area contributed by atoms with Gasteiger partial charge in [-0.05, 0) is 74.5 Å². The van der Waals surface area contributed by atoms with E-state index in [1.165, 1.54) is 38.1 Å². The van der Waals surface area contributed by atoms with Crippen LogP contribution in [0.4, 0.5) is 0 Å². The van der Waals surface area contributed by atoms with Crippen LogP contribution in [0.2, 0.25) is 0 Å². The van der Waals surface area contributed by atoms with Crippen LogP contribution in [0, 0.1) is 0 Å². The number of carboxylic acid groups (broad SMARTS) is 3. The molecule has 18 N–H and O–H groups in total. The molecule has 3 heterocycles. The minimum Gasteiger partial charge on any atom is -0.508 e. The number of aliphatic hydroxyl groups is 3. The molecule has 3 unspecified atom stereocenters. The fraction of sp³-hybridized carbons (Fsp3) is 0.523. The standard InChI is InChI=1S/C65H92N14O18S2/c1-39(81)51(36-80)72-64(96)53-38-99-98-37-52(73-60(92)48(28-41-10-4-3-5-11-41)68-54(84)32-76-20-22-77(33-55(85)86)24-26-79(35-57(89)90)27-25-78(23-21-76)34-56(87)88)63(95)70-49(29-42-15-17-44(83)18-16-42)61(93)71-50(30-43-31-67-46-13-7-6-12-45(43)46)62(94)69-47(14-8-9-19-66)59(91)75-58(40(2)82)65(97)74-53/h3-7,10-13,15-18,31,39-40,47-53,58,67,80-83H,8-9,14,19-30,32-38,66H2,1-2H3,(H,68,84)(H,69,94)(H,70,95)(H,71,93)(H,72,96)(H,73,92)(H,74,97)(H,75,91)(H,85,86)(H,87,88)(H,89,90)/t39-,40-,47+,48-,49?,50-,51-,52-,53?,58?/m1/s1. The first kappa shape index (κ1) is 79.5.